The molecule has 1 aromatic heterocycles. The number of carbonyl (C=O) groups is 4. The van der Waals surface area contributed by atoms with Crippen LogP contribution in [-0.2, 0) is 11.3 Å². The molecule has 1 N–H and O–H groups in total. The standard InChI is InChI=1S/C22H20Cl2N6O4/c23-16-10-18(25-11-17(16)24)28-7-5-27(6-8-28)12-13-1-2-14-15(9-13)21(33)30(20(14)32)29-4-3-19(31)26-22(29)34/h1-2,9-11H,3-8,12H2,(H,26,31,34). The van der Waals surface area contributed by atoms with Gasteiger partial charge in [-0.25, -0.2) is 14.8 Å². The summed E-state index contributed by atoms with van der Waals surface area (Å²) in [6.07, 6.45) is 1.57. The first-order valence-electron chi connectivity index (χ1n) is 10.7. The average molecular weight is 503 g/mol. The van der Waals surface area contributed by atoms with Crippen LogP contribution in [0.3, 0.4) is 0 Å². The van der Waals surface area contributed by atoms with E-state index in [4.69, 9.17) is 23.2 Å². The second-order valence-corrected chi connectivity index (χ2v) is 9.06. The molecule has 3 aliphatic rings. The molecule has 5 rings (SSSR count). The fourth-order valence-electron chi connectivity index (χ4n) is 4.31. The monoisotopic (exact) mass is 502 g/mol. The minimum Gasteiger partial charge on any atom is -0.354 e. The minimum atomic E-state index is -0.777. The van der Waals surface area contributed by atoms with Crippen molar-refractivity contribution in [1.29, 1.82) is 0 Å². The van der Waals surface area contributed by atoms with Crippen LogP contribution >= 0.6 is 23.2 Å². The first-order valence-corrected chi connectivity index (χ1v) is 11.5. The van der Waals surface area contributed by atoms with Crippen molar-refractivity contribution in [3.8, 4) is 0 Å². The molecule has 2 aromatic rings. The maximum atomic E-state index is 13.0. The van der Waals surface area contributed by atoms with Gasteiger partial charge in [-0.15, -0.1) is 0 Å². The number of hydrogen-bond acceptors (Lipinski definition) is 7. The van der Waals surface area contributed by atoms with Crippen molar-refractivity contribution in [1.82, 2.24) is 25.2 Å². The molecule has 12 heteroatoms. The number of urea groups is 1. The summed E-state index contributed by atoms with van der Waals surface area (Å²) in [5.41, 5.74) is 1.39. The van der Waals surface area contributed by atoms with Gasteiger partial charge in [-0.1, -0.05) is 29.3 Å². The Hall–Kier alpha value is -3.21. The van der Waals surface area contributed by atoms with Crippen LogP contribution in [0.25, 0.3) is 0 Å². The molecule has 176 valence electrons. The second kappa shape index (κ2) is 8.86. The van der Waals surface area contributed by atoms with Crippen LogP contribution in [0.1, 0.15) is 32.7 Å². The number of benzene rings is 1. The van der Waals surface area contributed by atoms with Crippen molar-refractivity contribution in [3.05, 3.63) is 57.2 Å². The third-order valence-corrected chi connectivity index (χ3v) is 6.81. The van der Waals surface area contributed by atoms with Gasteiger partial charge in [0.25, 0.3) is 11.8 Å². The Labute approximate surface area is 205 Å². The van der Waals surface area contributed by atoms with Gasteiger partial charge in [0.2, 0.25) is 5.91 Å². The highest BCUT2D eigenvalue weighted by molar-refractivity contribution is 6.42. The highest BCUT2D eigenvalue weighted by Gasteiger charge is 2.43. The molecule has 4 heterocycles. The van der Waals surface area contributed by atoms with Crippen LogP contribution in [0.4, 0.5) is 10.6 Å². The van der Waals surface area contributed by atoms with E-state index < -0.39 is 23.8 Å². The van der Waals surface area contributed by atoms with Gasteiger partial charge in [0.05, 0.1) is 27.7 Å². The third-order valence-electron chi connectivity index (χ3n) is 6.10. The molecule has 0 saturated carbocycles. The summed E-state index contributed by atoms with van der Waals surface area (Å²) in [6.45, 7) is 3.64. The Kier molecular flexibility index (Phi) is 5.88. The van der Waals surface area contributed by atoms with Crippen LogP contribution in [0.5, 0.6) is 0 Å². The molecule has 0 atom stereocenters. The lowest BCUT2D eigenvalue weighted by Gasteiger charge is -2.35. The van der Waals surface area contributed by atoms with Gasteiger partial charge in [0.1, 0.15) is 5.82 Å². The molecule has 10 nitrogen and oxygen atoms in total. The van der Waals surface area contributed by atoms with Gasteiger partial charge in [-0.3, -0.25) is 24.6 Å². The molecule has 0 aliphatic carbocycles. The summed E-state index contributed by atoms with van der Waals surface area (Å²) in [6, 6.07) is 6.12. The number of carbonyl (C=O) groups excluding carboxylic acids is 4. The Bertz CT molecular complexity index is 1210. The van der Waals surface area contributed by atoms with Crippen molar-refractivity contribution < 1.29 is 19.2 Å². The first-order chi connectivity index (χ1) is 16.3. The van der Waals surface area contributed by atoms with Crippen molar-refractivity contribution in [3.63, 3.8) is 0 Å². The molecule has 34 heavy (non-hydrogen) atoms. The molecule has 2 fully saturated rings. The number of hydrazine groups is 1. The number of pyridine rings is 1. The van der Waals surface area contributed by atoms with Crippen LogP contribution in [0, 0.1) is 0 Å². The summed E-state index contributed by atoms with van der Waals surface area (Å²) in [7, 11) is 0. The maximum Gasteiger partial charge on any atom is 0.343 e. The quantitative estimate of drug-likeness (QED) is 0.638. The summed E-state index contributed by atoms with van der Waals surface area (Å²) in [4.78, 5) is 58.1. The molecule has 0 spiro atoms. The van der Waals surface area contributed by atoms with E-state index in [9.17, 15) is 19.2 Å². The molecule has 0 bridgehead atoms. The van der Waals surface area contributed by atoms with E-state index in [-0.39, 0.29) is 24.1 Å². The summed E-state index contributed by atoms with van der Waals surface area (Å²) >= 11 is 12.1. The predicted molar refractivity (Wildman–Crippen MR) is 124 cm³/mol. The summed E-state index contributed by atoms with van der Waals surface area (Å²) < 4.78 is 0. The van der Waals surface area contributed by atoms with E-state index in [1.165, 1.54) is 0 Å². The number of nitrogens with one attached hydrogen (secondary N) is 1. The van der Waals surface area contributed by atoms with Crippen molar-refractivity contribution in [2.24, 2.45) is 0 Å². The molecular weight excluding hydrogens is 483 g/mol. The van der Waals surface area contributed by atoms with E-state index in [1.54, 1.807) is 24.4 Å². The van der Waals surface area contributed by atoms with E-state index in [2.05, 4.69) is 20.1 Å². The van der Waals surface area contributed by atoms with Crippen LogP contribution < -0.4 is 10.2 Å². The molecule has 5 amide bonds. The van der Waals surface area contributed by atoms with E-state index in [1.807, 2.05) is 6.07 Å². The molecule has 1 aromatic carbocycles. The topological polar surface area (TPSA) is 106 Å². The fraction of sp³-hybridized carbons (Fsp3) is 0.318. The SMILES string of the molecule is O=C1CCN(N2C(=O)c3ccc(CN4CCN(c5cc(Cl)c(Cl)cn5)CC4)cc3C2=O)C(=O)N1. The largest absolute Gasteiger partial charge is 0.354 e. The number of nitrogens with zero attached hydrogens (tertiary/aromatic N) is 5. The van der Waals surface area contributed by atoms with E-state index >= 15 is 0 Å². The zero-order valence-corrected chi connectivity index (χ0v) is 19.5. The number of amides is 5. The minimum absolute atomic E-state index is 0.0219. The lowest BCUT2D eigenvalue weighted by atomic mass is 10.1. The number of halogens is 2. The number of aromatic nitrogens is 1. The number of rotatable bonds is 4. The maximum absolute atomic E-state index is 13.0. The van der Waals surface area contributed by atoms with Crippen LogP contribution in [0.2, 0.25) is 10.0 Å². The van der Waals surface area contributed by atoms with Gasteiger partial charge >= 0.3 is 6.03 Å². The van der Waals surface area contributed by atoms with E-state index in [0.29, 0.717) is 16.6 Å². The summed E-state index contributed by atoms with van der Waals surface area (Å²) in [5.74, 6) is -0.796. The van der Waals surface area contributed by atoms with Crippen LogP contribution in [0.15, 0.2) is 30.5 Å². The Morgan fingerprint density at radius 2 is 1.62 bits per heavy atom. The highest BCUT2D eigenvalue weighted by atomic mass is 35.5. The molecular formula is C22H20Cl2N6O4. The Balaban J connectivity index is 1.25. The van der Waals surface area contributed by atoms with Gasteiger partial charge in [-0.2, -0.15) is 5.01 Å². The predicted octanol–water partition coefficient (Wildman–Crippen LogP) is 2.16. The number of fused-ring (bicyclic) bond motifs is 1. The van der Waals surface area contributed by atoms with Crippen LogP contribution in [-0.4, -0.2) is 76.4 Å². The van der Waals surface area contributed by atoms with Crippen molar-refractivity contribution in [2.45, 2.75) is 13.0 Å². The zero-order chi connectivity index (χ0) is 24.0. The summed E-state index contributed by atoms with van der Waals surface area (Å²) in [5, 5.41) is 4.83. The molecule has 3 aliphatic heterocycles. The lowest BCUT2D eigenvalue weighted by molar-refractivity contribution is -0.122. The smallest absolute Gasteiger partial charge is 0.343 e. The molecule has 0 unspecified atom stereocenters. The highest BCUT2D eigenvalue weighted by Crippen LogP contribution is 2.28. The number of piperazine rings is 1. The van der Waals surface area contributed by atoms with Crippen molar-refractivity contribution in [2.75, 3.05) is 37.6 Å². The Morgan fingerprint density at radius 3 is 2.32 bits per heavy atom. The molecule has 2 saturated heterocycles. The van der Waals surface area contributed by atoms with E-state index in [0.717, 1.165) is 47.6 Å². The average Bonchev–Trinajstić information content (AvgIpc) is 3.06. The zero-order valence-electron chi connectivity index (χ0n) is 18.0. The van der Waals surface area contributed by atoms with Crippen molar-refractivity contribution >= 4 is 52.8 Å². The van der Waals surface area contributed by atoms with Gasteiger partial charge in [-0.05, 0) is 17.7 Å². The van der Waals surface area contributed by atoms with Gasteiger partial charge in [0.15, 0.2) is 0 Å². The lowest BCUT2D eigenvalue weighted by Crippen LogP contribution is -2.58. The van der Waals surface area contributed by atoms with Gasteiger partial charge in [0, 0.05) is 51.4 Å². The molecule has 0 radical (unpaired) electrons. The number of hydrogen-bond donors (Lipinski definition) is 1. The normalized spacial score (nSPS) is 19.1. The number of imide groups is 2. The number of anilines is 1. The first kappa shape index (κ1) is 22.6. The fourth-order valence-corrected chi connectivity index (χ4v) is 4.56. The third kappa shape index (κ3) is 4.08. The Morgan fingerprint density at radius 1 is 0.882 bits per heavy atom. The van der Waals surface area contributed by atoms with Gasteiger partial charge < -0.3 is 4.90 Å². The second-order valence-electron chi connectivity index (χ2n) is 8.25.